The minimum atomic E-state index is 0.716. The highest BCUT2D eigenvalue weighted by molar-refractivity contribution is 4.80. The fraction of sp³-hybridized carbons (Fsp3) is 0.895. The maximum atomic E-state index is 5.44. The molecule has 2 fully saturated rings. The molecule has 0 unspecified atom stereocenters. The smallest absolute Gasteiger partial charge is 0.0889 e. The lowest BCUT2D eigenvalue weighted by Gasteiger charge is -2.39. The van der Waals surface area contributed by atoms with E-state index in [2.05, 4.69) is 35.1 Å². The first-order valence-electron chi connectivity index (χ1n) is 9.51. The maximum Gasteiger partial charge on any atom is 0.0889 e. The molecule has 0 atom stereocenters. The van der Waals surface area contributed by atoms with Crippen molar-refractivity contribution in [2.75, 3.05) is 59.0 Å². The van der Waals surface area contributed by atoms with E-state index in [1.54, 1.807) is 0 Å². The van der Waals surface area contributed by atoms with E-state index in [4.69, 9.17) is 4.74 Å². The Morgan fingerprint density at radius 1 is 1.04 bits per heavy atom. The zero-order valence-corrected chi connectivity index (χ0v) is 15.6. The van der Waals surface area contributed by atoms with E-state index in [0.717, 1.165) is 31.2 Å². The fourth-order valence-corrected chi connectivity index (χ4v) is 3.75. The topological polar surface area (TPSA) is 19.0 Å². The number of nitrogens with zero attached hydrogens (tertiary/aromatic N) is 3. The Labute approximate surface area is 143 Å². The number of piperazine rings is 1. The molecule has 2 rings (SSSR count). The van der Waals surface area contributed by atoms with Crippen LogP contribution in [0.2, 0.25) is 0 Å². The molecule has 0 spiro atoms. The van der Waals surface area contributed by atoms with Gasteiger partial charge in [-0.3, -0.25) is 0 Å². The summed E-state index contributed by atoms with van der Waals surface area (Å²) >= 11 is 0. The minimum absolute atomic E-state index is 0.716. The molecule has 0 aliphatic carbocycles. The van der Waals surface area contributed by atoms with Crippen LogP contribution in [0, 0.1) is 5.92 Å². The highest BCUT2D eigenvalue weighted by Gasteiger charge is 2.24. The van der Waals surface area contributed by atoms with Crippen LogP contribution < -0.4 is 0 Å². The van der Waals surface area contributed by atoms with Crippen LogP contribution in [0.15, 0.2) is 12.3 Å². The van der Waals surface area contributed by atoms with Crippen LogP contribution in [0.4, 0.5) is 0 Å². The van der Waals surface area contributed by atoms with Gasteiger partial charge in [0.15, 0.2) is 0 Å². The van der Waals surface area contributed by atoms with Crippen LogP contribution >= 0.6 is 0 Å². The van der Waals surface area contributed by atoms with Crippen molar-refractivity contribution in [2.45, 2.75) is 46.1 Å². The highest BCUT2D eigenvalue weighted by Crippen LogP contribution is 2.20. The van der Waals surface area contributed by atoms with Gasteiger partial charge in [-0.05, 0) is 59.0 Å². The molecule has 2 saturated heterocycles. The van der Waals surface area contributed by atoms with Crippen LogP contribution in [0.5, 0.6) is 0 Å². The molecule has 2 heterocycles. The summed E-state index contributed by atoms with van der Waals surface area (Å²) in [4.78, 5) is 7.90. The lowest BCUT2D eigenvalue weighted by atomic mass is 9.95. The van der Waals surface area contributed by atoms with Crippen molar-refractivity contribution in [3.63, 3.8) is 0 Å². The molecular weight excluding hydrogens is 286 g/mol. The van der Waals surface area contributed by atoms with E-state index in [1.807, 2.05) is 6.92 Å². The van der Waals surface area contributed by atoms with Gasteiger partial charge in [0.1, 0.15) is 0 Å². The number of piperidine rings is 1. The van der Waals surface area contributed by atoms with Crippen molar-refractivity contribution in [3.8, 4) is 0 Å². The summed E-state index contributed by atoms with van der Waals surface area (Å²) in [6.07, 6.45) is 3.88. The molecule has 23 heavy (non-hydrogen) atoms. The van der Waals surface area contributed by atoms with Crippen molar-refractivity contribution < 1.29 is 4.74 Å². The normalized spacial score (nSPS) is 22.6. The fourth-order valence-electron chi connectivity index (χ4n) is 3.75. The third-order valence-corrected chi connectivity index (χ3v) is 5.33. The molecule has 2 aliphatic rings. The number of rotatable bonds is 8. The zero-order valence-electron chi connectivity index (χ0n) is 15.6. The van der Waals surface area contributed by atoms with Crippen LogP contribution in [-0.4, -0.2) is 79.7 Å². The summed E-state index contributed by atoms with van der Waals surface area (Å²) in [5.41, 5.74) is 0. The van der Waals surface area contributed by atoms with Crippen molar-refractivity contribution >= 4 is 0 Å². The molecule has 0 N–H and O–H groups in total. The van der Waals surface area contributed by atoms with E-state index < -0.39 is 0 Å². The largest absolute Gasteiger partial charge is 0.499 e. The predicted octanol–water partition coefficient (Wildman–Crippen LogP) is 2.66. The monoisotopic (exact) mass is 323 g/mol. The molecule has 0 amide bonds. The van der Waals surface area contributed by atoms with Gasteiger partial charge in [-0.15, -0.1) is 0 Å². The van der Waals surface area contributed by atoms with E-state index in [9.17, 15) is 0 Å². The molecule has 0 bridgehead atoms. The molecule has 0 aromatic heterocycles. The molecule has 0 aromatic carbocycles. The molecule has 0 radical (unpaired) electrons. The van der Waals surface area contributed by atoms with E-state index in [0.29, 0.717) is 6.04 Å². The number of hydrogen-bond acceptors (Lipinski definition) is 4. The minimum Gasteiger partial charge on any atom is -0.499 e. The highest BCUT2D eigenvalue weighted by atomic mass is 16.5. The first-order chi connectivity index (χ1) is 11.0. The lowest BCUT2D eigenvalue weighted by molar-refractivity contribution is 0.0834. The molecule has 0 saturated carbocycles. The van der Waals surface area contributed by atoms with Crippen molar-refractivity contribution in [3.05, 3.63) is 12.3 Å². The number of hydrogen-bond donors (Lipinski definition) is 0. The summed E-state index contributed by atoms with van der Waals surface area (Å²) in [7, 11) is 0. The Morgan fingerprint density at radius 3 is 2.22 bits per heavy atom. The van der Waals surface area contributed by atoms with Gasteiger partial charge in [0, 0.05) is 45.3 Å². The summed E-state index contributed by atoms with van der Waals surface area (Å²) < 4.78 is 5.44. The second-order valence-corrected chi connectivity index (χ2v) is 7.62. The van der Waals surface area contributed by atoms with Gasteiger partial charge in [-0.2, -0.15) is 0 Å². The molecule has 134 valence electrons. The summed E-state index contributed by atoms with van der Waals surface area (Å²) in [5.74, 6) is 1.75. The number of likely N-dealkylation sites (tertiary alicyclic amines) is 1. The van der Waals surface area contributed by atoms with Crippen LogP contribution in [-0.2, 0) is 4.74 Å². The first kappa shape index (κ1) is 18.8. The van der Waals surface area contributed by atoms with E-state index in [1.165, 1.54) is 58.7 Å². The average Bonchev–Trinajstić information content (AvgIpc) is 2.53. The van der Waals surface area contributed by atoms with Gasteiger partial charge >= 0.3 is 0 Å². The standard InChI is InChI=1S/C19H37N3O/c1-17(2)22-9-6-19(7-10-22)16-21-13-11-20(12-14-21)8-5-15-23-18(3)4/h17,19H,3,5-16H2,1-2,4H3. The van der Waals surface area contributed by atoms with Gasteiger partial charge in [0.2, 0.25) is 0 Å². The average molecular weight is 324 g/mol. The third-order valence-electron chi connectivity index (χ3n) is 5.33. The van der Waals surface area contributed by atoms with Gasteiger partial charge in [0.25, 0.3) is 0 Å². The SMILES string of the molecule is C=C(C)OCCCN1CCN(CC2CCN(C(C)C)CC2)CC1. The molecule has 4 nitrogen and oxygen atoms in total. The Hall–Kier alpha value is -0.580. The number of ether oxygens (including phenoxy) is 1. The predicted molar refractivity (Wildman–Crippen MR) is 97.7 cm³/mol. The van der Waals surface area contributed by atoms with E-state index >= 15 is 0 Å². The van der Waals surface area contributed by atoms with Gasteiger partial charge in [-0.25, -0.2) is 0 Å². The van der Waals surface area contributed by atoms with Crippen molar-refractivity contribution in [1.29, 1.82) is 0 Å². The second-order valence-electron chi connectivity index (χ2n) is 7.62. The quantitative estimate of drug-likeness (QED) is 0.505. The first-order valence-corrected chi connectivity index (χ1v) is 9.51. The summed E-state index contributed by atoms with van der Waals surface area (Å²) in [6.45, 7) is 21.1. The van der Waals surface area contributed by atoms with Crippen LogP contribution in [0.25, 0.3) is 0 Å². The molecule has 2 aliphatic heterocycles. The van der Waals surface area contributed by atoms with E-state index in [-0.39, 0.29) is 0 Å². The van der Waals surface area contributed by atoms with Gasteiger partial charge in [0.05, 0.1) is 12.4 Å². The Bertz CT molecular complexity index is 343. The van der Waals surface area contributed by atoms with Gasteiger partial charge in [-0.1, -0.05) is 6.58 Å². The third kappa shape index (κ3) is 6.82. The number of allylic oxidation sites excluding steroid dienone is 1. The van der Waals surface area contributed by atoms with Gasteiger partial charge < -0.3 is 19.4 Å². The van der Waals surface area contributed by atoms with Crippen LogP contribution in [0.1, 0.15) is 40.0 Å². The Balaban J connectivity index is 1.55. The lowest BCUT2D eigenvalue weighted by Crippen LogP contribution is -2.49. The maximum absolute atomic E-state index is 5.44. The summed E-state index contributed by atoms with van der Waals surface area (Å²) in [5, 5.41) is 0. The molecule has 0 aromatic rings. The zero-order chi connectivity index (χ0) is 16.7. The Kier molecular flexibility index (Phi) is 7.87. The molecule has 4 heteroatoms. The molecular formula is C19H37N3O. The van der Waals surface area contributed by atoms with Crippen LogP contribution in [0.3, 0.4) is 0 Å². The Morgan fingerprint density at radius 2 is 1.65 bits per heavy atom. The second kappa shape index (κ2) is 9.65. The summed E-state index contributed by atoms with van der Waals surface area (Å²) in [6, 6.07) is 0.716. The van der Waals surface area contributed by atoms with Crippen molar-refractivity contribution in [1.82, 2.24) is 14.7 Å². The van der Waals surface area contributed by atoms with Crippen molar-refractivity contribution in [2.24, 2.45) is 5.92 Å².